The van der Waals surface area contributed by atoms with Gasteiger partial charge in [-0.3, -0.25) is 14.9 Å². The molecule has 0 saturated carbocycles. The van der Waals surface area contributed by atoms with Gasteiger partial charge in [-0.05, 0) is 12.1 Å². The molecule has 20 heavy (non-hydrogen) atoms. The Balaban J connectivity index is 2.23. The van der Waals surface area contributed by atoms with Gasteiger partial charge in [0.15, 0.2) is 0 Å². The highest BCUT2D eigenvalue weighted by Gasteiger charge is 2.19. The Morgan fingerprint density at radius 3 is 2.70 bits per heavy atom. The van der Waals surface area contributed by atoms with E-state index in [2.05, 4.69) is 10.7 Å². The standard InChI is InChI=1S/C12H16N4O4/c1-13-12(17)9-2-3-10(11(8-9)16(18)19)14-15-4-6-20-7-5-15/h2-3,8,14H,4-7H2,1H3,(H,13,17). The minimum absolute atomic E-state index is 0.127. The number of benzene rings is 1. The summed E-state index contributed by atoms with van der Waals surface area (Å²) in [6, 6.07) is 4.36. The van der Waals surface area contributed by atoms with Crippen LogP contribution in [-0.4, -0.2) is 49.2 Å². The van der Waals surface area contributed by atoms with Crippen LogP contribution in [0.1, 0.15) is 10.4 Å². The van der Waals surface area contributed by atoms with Crippen LogP contribution < -0.4 is 10.7 Å². The van der Waals surface area contributed by atoms with E-state index in [4.69, 9.17) is 4.74 Å². The van der Waals surface area contributed by atoms with Gasteiger partial charge >= 0.3 is 0 Å². The van der Waals surface area contributed by atoms with Crippen LogP contribution in [0.4, 0.5) is 11.4 Å². The zero-order chi connectivity index (χ0) is 14.5. The van der Waals surface area contributed by atoms with Crippen LogP contribution in [0.25, 0.3) is 0 Å². The van der Waals surface area contributed by atoms with Crippen LogP contribution in [0.15, 0.2) is 18.2 Å². The van der Waals surface area contributed by atoms with Crippen molar-refractivity contribution in [3.05, 3.63) is 33.9 Å². The van der Waals surface area contributed by atoms with Crippen LogP contribution in [0.5, 0.6) is 0 Å². The Morgan fingerprint density at radius 1 is 1.40 bits per heavy atom. The first kappa shape index (κ1) is 14.2. The van der Waals surface area contributed by atoms with Crippen molar-refractivity contribution in [2.24, 2.45) is 0 Å². The second-order valence-corrected chi connectivity index (χ2v) is 4.28. The fraction of sp³-hybridized carbons (Fsp3) is 0.417. The molecule has 1 aliphatic rings. The zero-order valence-electron chi connectivity index (χ0n) is 11.1. The van der Waals surface area contributed by atoms with E-state index in [0.717, 1.165) is 0 Å². The van der Waals surface area contributed by atoms with Crippen molar-refractivity contribution >= 4 is 17.3 Å². The highest BCUT2D eigenvalue weighted by Crippen LogP contribution is 2.26. The highest BCUT2D eigenvalue weighted by atomic mass is 16.6. The smallest absolute Gasteiger partial charge is 0.294 e. The average Bonchev–Trinajstić information content (AvgIpc) is 2.47. The number of amides is 1. The Hall–Kier alpha value is -2.19. The molecule has 0 atom stereocenters. The number of anilines is 1. The van der Waals surface area contributed by atoms with Crippen LogP contribution in [0.2, 0.25) is 0 Å². The number of hydrogen-bond acceptors (Lipinski definition) is 6. The Kier molecular flexibility index (Phi) is 4.49. The molecule has 1 saturated heterocycles. The normalized spacial score (nSPS) is 15.7. The van der Waals surface area contributed by atoms with Gasteiger partial charge < -0.3 is 15.5 Å². The molecule has 8 nitrogen and oxygen atoms in total. The first-order valence-corrected chi connectivity index (χ1v) is 6.21. The Morgan fingerprint density at radius 2 is 2.10 bits per heavy atom. The predicted molar refractivity (Wildman–Crippen MR) is 72.5 cm³/mol. The molecule has 0 radical (unpaired) electrons. The van der Waals surface area contributed by atoms with Gasteiger partial charge in [0, 0.05) is 31.8 Å². The number of nitro groups is 1. The van der Waals surface area contributed by atoms with Gasteiger partial charge in [-0.25, -0.2) is 5.01 Å². The van der Waals surface area contributed by atoms with Gasteiger partial charge in [-0.15, -0.1) is 0 Å². The van der Waals surface area contributed by atoms with E-state index in [-0.39, 0.29) is 17.2 Å². The molecule has 2 rings (SSSR count). The maximum Gasteiger partial charge on any atom is 0.294 e. The molecule has 0 aliphatic carbocycles. The number of hydrogen-bond donors (Lipinski definition) is 2. The number of ether oxygens (including phenoxy) is 1. The Bertz CT molecular complexity index is 514. The van der Waals surface area contributed by atoms with Gasteiger partial charge in [0.2, 0.25) is 0 Å². The minimum atomic E-state index is -0.505. The number of rotatable bonds is 4. The van der Waals surface area contributed by atoms with Crippen molar-refractivity contribution < 1.29 is 14.5 Å². The molecule has 0 unspecified atom stereocenters. The molecule has 0 bridgehead atoms. The van der Waals surface area contributed by atoms with Crippen molar-refractivity contribution in [2.75, 3.05) is 38.8 Å². The van der Waals surface area contributed by atoms with E-state index >= 15 is 0 Å². The lowest BCUT2D eigenvalue weighted by Crippen LogP contribution is -2.40. The number of nitrogens with one attached hydrogen (secondary N) is 2. The summed E-state index contributed by atoms with van der Waals surface area (Å²) in [7, 11) is 1.48. The third-order valence-corrected chi connectivity index (χ3v) is 2.97. The van der Waals surface area contributed by atoms with Crippen molar-refractivity contribution in [3.8, 4) is 0 Å². The lowest BCUT2D eigenvalue weighted by molar-refractivity contribution is -0.384. The topological polar surface area (TPSA) is 96.7 Å². The molecule has 0 spiro atoms. The molecule has 108 valence electrons. The van der Waals surface area contributed by atoms with Gasteiger partial charge in [-0.1, -0.05) is 0 Å². The van der Waals surface area contributed by atoms with Gasteiger partial charge in [0.05, 0.1) is 18.1 Å². The summed E-state index contributed by atoms with van der Waals surface area (Å²) in [6.07, 6.45) is 0. The zero-order valence-corrected chi connectivity index (χ0v) is 11.1. The van der Waals surface area contributed by atoms with E-state index < -0.39 is 4.92 Å². The molecule has 0 aromatic heterocycles. The summed E-state index contributed by atoms with van der Waals surface area (Å²) in [5, 5.41) is 15.4. The van der Waals surface area contributed by atoms with Crippen molar-refractivity contribution in [3.63, 3.8) is 0 Å². The summed E-state index contributed by atoms with van der Waals surface area (Å²) in [4.78, 5) is 22.1. The number of carbonyl (C=O) groups is 1. The van der Waals surface area contributed by atoms with E-state index in [1.807, 2.05) is 5.01 Å². The van der Waals surface area contributed by atoms with Gasteiger partial charge in [0.25, 0.3) is 11.6 Å². The van der Waals surface area contributed by atoms with Crippen LogP contribution >= 0.6 is 0 Å². The molecule has 1 aliphatic heterocycles. The van der Waals surface area contributed by atoms with Crippen molar-refractivity contribution in [2.45, 2.75) is 0 Å². The second-order valence-electron chi connectivity index (χ2n) is 4.28. The third-order valence-electron chi connectivity index (χ3n) is 2.97. The Labute approximate surface area is 115 Å². The average molecular weight is 280 g/mol. The predicted octanol–water partition coefficient (Wildman–Crippen LogP) is 0.613. The molecule has 1 heterocycles. The van der Waals surface area contributed by atoms with Crippen LogP contribution in [0.3, 0.4) is 0 Å². The van der Waals surface area contributed by atoms with Crippen molar-refractivity contribution in [1.82, 2.24) is 10.3 Å². The van der Waals surface area contributed by atoms with Gasteiger partial charge in [-0.2, -0.15) is 0 Å². The summed E-state index contributed by atoms with van der Waals surface area (Å²) in [5.41, 5.74) is 3.49. The molecule has 1 fully saturated rings. The van der Waals surface area contributed by atoms with E-state index in [1.54, 1.807) is 6.07 Å². The van der Waals surface area contributed by atoms with Crippen molar-refractivity contribution in [1.29, 1.82) is 0 Å². The summed E-state index contributed by atoms with van der Waals surface area (Å²) < 4.78 is 5.21. The molecule has 2 N–H and O–H groups in total. The summed E-state index contributed by atoms with van der Waals surface area (Å²) in [6.45, 7) is 2.46. The number of nitro benzene ring substituents is 1. The first-order valence-electron chi connectivity index (χ1n) is 6.21. The molecular formula is C12H16N4O4. The lowest BCUT2D eigenvalue weighted by Gasteiger charge is -2.27. The van der Waals surface area contributed by atoms with E-state index in [9.17, 15) is 14.9 Å². The number of hydrazine groups is 1. The molecule has 1 aromatic carbocycles. The SMILES string of the molecule is CNC(=O)c1ccc(NN2CCOCC2)c([N+](=O)[O-])c1. The van der Waals surface area contributed by atoms with Gasteiger partial charge in [0.1, 0.15) is 5.69 Å². The molecule has 1 aromatic rings. The fourth-order valence-corrected chi connectivity index (χ4v) is 1.91. The molecule has 1 amide bonds. The monoisotopic (exact) mass is 280 g/mol. The lowest BCUT2D eigenvalue weighted by atomic mass is 10.1. The molecule has 8 heteroatoms. The maximum absolute atomic E-state index is 11.5. The molecular weight excluding hydrogens is 264 g/mol. The van der Waals surface area contributed by atoms with E-state index in [0.29, 0.717) is 32.0 Å². The van der Waals surface area contributed by atoms with Crippen LogP contribution in [-0.2, 0) is 4.74 Å². The number of carbonyl (C=O) groups excluding carboxylic acids is 1. The summed E-state index contributed by atoms with van der Waals surface area (Å²) >= 11 is 0. The fourth-order valence-electron chi connectivity index (χ4n) is 1.91. The quantitative estimate of drug-likeness (QED) is 0.619. The second kappa shape index (κ2) is 6.31. The summed E-state index contributed by atoms with van der Waals surface area (Å²) in [5.74, 6) is -0.356. The van der Waals surface area contributed by atoms with Crippen LogP contribution in [0, 0.1) is 10.1 Å². The maximum atomic E-state index is 11.5. The third kappa shape index (κ3) is 3.22. The first-order chi connectivity index (χ1) is 9.61. The number of nitrogens with zero attached hydrogens (tertiary/aromatic N) is 2. The largest absolute Gasteiger partial charge is 0.379 e. The van der Waals surface area contributed by atoms with E-state index in [1.165, 1.54) is 19.2 Å². The number of morpholine rings is 1. The highest BCUT2D eigenvalue weighted by molar-refractivity contribution is 5.95. The minimum Gasteiger partial charge on any atom is -0.379 e.